The fraction of sp³-hybridized carbons (Fsp3) is 0.938. The summed E-state index contributed by atoms with van der Waals surface area (Å²) in [6.07, 6.45) is 13.6. The zero-order valence-electron chi connectivity index (χ0n) is 11.8. The maximum atomic E-state index is 11.7. The van der Waals surface area contributed by atoms with Gasteiger partial charge in [-0.2, -0.15) is 0 Å². The molecule has 0 heterocycles. The third kappa shape index (κ3) is 3.73. The van der Waals surface area contributed by atoms with Gasteiger partial charge in [0.25, 0.3) is 0 Å². The Morgan fingerprint density at radius 1 is 1.00 bits per heavy atom. The summed E-state index contributed by atoms with van der Waals surface area (Å²) in [5, 5.41) is 0. The Kier molecular flexibility index (Phi) is 5.52. The van der Waals surface area contributed by atoms with E-state index in [0.29, 0.717) is 12.3 Å². The van der Waals surface area contributed by atoms with Crippen LogP contribution in [0.4, 0.5) is 0 Å². The lowest BCUT2D eigenvalue weighted by Gasteiger charge is -2.38. The molecule has 0 amide bonds. The summed E-state index contributed by atoms with van der Waals surface area (Å²) in [5.74, 6) is 1.53. The molecule has 18 heavy (non-hydrogen) atoms. The first-order valence-electron chi connectivity index (χ1n) is 8.00. The minimum Gasteiger partial charge on any atom is -0.462 e. The highest BCUT2D eigenvalue weighted by Crippen LogP contribution is 2.39. The molecule has 0 bridgehead atoms. The van der Waals surface area contributed by atoms with Crippen molar-refractivity contribution in [1.29, 1.82) is 0 Å². The van der Waals surface area contributed by atoms with Crippen molar-refractivity contribution in [2.75, 3.05) is 0 Å². The van der Waals surface area contributed by atoms with E-state index in [1.165, 1.54) is 51.4 Å². The zero-order valence-corrected chi connectivity index (χ0v) is 11.8. The second-order valence-electron chi connectivity index (χ2n) is 6.12. The molecule has 0 aromatic heterocycles. The van der Waals surface area contributed by atoms with Gasteiger partial charge in [-0.05, 0) is 37.5 Å². The molecule has 0 unspecified atom stereocenters. The number of rotatable bonds is 4. The van der Waals surface area contributed by atoms with Crippen molar-refractivity contribution in [3.05, 3.63) is 0 Å². The average Bonchev–Trinajstić information content (AvgIpc) is 2.40. The second kappa shape index (κ2) is 7.16. The molecule has 2 fully saturated rings. The molecular formula is C16H28O2. The van der Waals surface area contributed by atoms with E-state index in [0.717, 1.165) is 18.8 Å². The van der Waals surface area contributed by atoms with Gasteiger partial charge in [-0.1, -0.05) is 45.4 Å². The van der Waals surface area contributed by atoms with Gasteiger partial charge in [-0.3, -0.25) is 4.79 Å². The summed E-state index contributed by atoms with van der Waals surface area (Å²) in [6, 6.07) is 0. The maximum Gasteiger partial charge on any atom is 0.306 e. The first-order valence-corrected chi connectivity index (χ1v) is 8.00. The van der Waals surface area contributed by atoms with E-state index in [1.807, 2.05) is 6.92 Å². The molecule has 2 rings (SSSR count). The minimum absolute atomic E-state index is 0.0326. The number of ether oxygens (including phenoxy) is 1. The highest BCUT2D eigenvalue weighted by Gasteiger charge is 2.34. The fourth-order valence-electron chi connectivity index (χ4n) is 3.81. The molecule has 2 aliphatic carbocycles. The quantitative estimate of drug-likeness (QED) is 0.690. The van der Waals surface area contributed by atoms with Gasteiger partial charge in [0.15, 0.2) is 0 Å². The molecule has 0 saturated heterocycles. The van der Waals surface area contributed by atoms with Crippen molar-refractivity contribution in [3.8, 4) is 0 Å². The summed E-state index contributed by atoms with van der Waals surface area (Å²) >= 11 is 0. The van der Waals surface area contributed by atoms with Crippen LogP contribution in [0.5, 0.6) is 0 Å². The molecule has 104 valence electrons. The smallest absolute Gasteiger partial charge is 0.306 e. The Balaban J connectivity index is 1.90. The Bertz CT molecular complexity index is 256. The van der Waals surface area contributed by atoms with Gasteiger partial charge in [-0.15, -0.1) is 0 Å². The summed E-state index contributed by atoms with van der Waals surface area (Å²) in [5.41, 5.74) is 0. The molecule has 2 aliphatic rings. The first-order chi connectivity index (χ1) is 8.81. The van der Waals surface area contributed by atoms with Crippen LogP contribution in [0.1, 0.15) is 77.6 Å². The molecule has 2 nitrogen and oxygen atoms in total. The van der Waals surface area contributed by atoms with E-state index in [9.17, 15) is 4.79 Å². The Morgan fingerprint density at radius 2 is 1.67 bits per heavy atom. The summed E-state index contributed by atoms with van der Waals surface area (Å²) in [4.78, 5) is 11.7. The largest absolute Gasteiger partial charge is 0.462 e. The van der Waals surface area contributed by atoms with Crippen molar-refractivity contribution in [3.63, 3.8) is 0 Å². The van der Waals surface area contributed by atoms with Crippen LogP contribution in [0.25, 0.3) is 0 Å². The lowest BCUT2D eigenvalue weighted by molar-refractivity contribution is -0.155. The van der Waals surface area contributed by atoms with Crippen molar-refractivity contribution >= 4 is 5.97 Å². The van der Waals surface area contributed by atoms with E-state index >= 15 is 0 Å². The molecular weight excluding hydrogens is 224 g/mol. The van der Waals surface area contributed by atoms with E-state index in [1.54, 1.807) is 0 Å². The summed E-state index contributed by atoms with van der Waals surface area (Å²) < 4.78 is 5.76. The maximum absolute atomic E-state index is 11.7. The fourth-order valence-corrected chi connectivity index (χ4v) is 3.81. The van der Waals surface area contributed by atoms with Crippen LogP contribution in [-0.4, -0.2) is 12.1 Å². The van der Waals surface area contributed by atoms with Crippen LogP contribution >= 0.6 is 0 Å². The molecule has 0 aliphatic heterocycles. The Morgan fingerprint density at radius 3 is 2.39 bits per heavy atom. The molecule has 0 aromatic rings. The molecule has 0 N–H and O–H groups in total. The van der Waals surface area contributed by atoms with Crippen molar-refractivity contribution in [1.82, 2.24) is 0 Å². The highest BCUT2D eigenvalue weighted by atomic mass is 16.5. The standard InChI is InChI=1S/C16H28O2/c1-2-8-16(17)18-15-12-7-6-11-14(15)13-9-4-3-5-10-13/h13-15H,2-12H2,1H3/t14-,15-/m1/s1. The monoisotopic (exact) mass is 252 g/mol. The van der Waals surface area contributed by atoms with Gasteiger partial charge in [-0.25, -0.2) is 0 Å². The van der Waals surface area contributed by atoms with Gasteiger partial charge in [0, 0.05) is 6.42 Å². The SMILES string of the molecule is CCCC(=O)O[C@@H]1CCCC[C@@H]1C1CCCCC1. The van der Waals surface area contributed by atoms with Crippen molar-refractivity contribution in [2.45, 2.75) is 83.7 Å². The Labute approximate surface area is 111 Å². The topological polar surface area (TPSA) is 26.3 Å². The van der Waals surface area contributed by atoms with Gasteiger partial charge in [0.05, 0.1) is 0 Å². The molecule has 0 aromatic carbocycles. The molecule has 2 saturated carbocycles. The number of hydrogen-bond acceptors (Lipinski definition) is 2. The van der Waals surface area contributed by atoms with Crippen LogP contribution in [0.3, 0.4) is 0 Å². The molecule has 2 heteroatoms. The first kappa shape index (κ1) is 13.9. The third-order valence-electron chi connectivity index (χ3n) is 4.75. The average molecular weight is 252 g/mol. The van der Waals surface area contributed by atoms with E-state index in [2.05, 4.69) is 0 Å². The predicted octanol–water partition coefficient (Wildman–Crippen LogP) is 4.47. The van der Waals surface area contributed by atoms with E-state index in [4.69, 9.17) is 4.74 Å². The van der Waals surface area contributed by atoms with Crippen LogP contribution in [0, 0.1) is 11.8 Å². The molecule has 0 radical (unpaired) electrons. The van der Waals surface area contributed by atoms with Crippen LogP contribution in [0.15, 0.2) is 0 Å². The van der Waals surface area contributed by atoms with Crippen molar-refractivity contribution < 1.29 is 9.53 Å². The highest BCUT2D eigenvalue weighted by molar-refractivity contribution is 5.69. The second-order valence-corrected chi connectivity index (χ2v) is 6.12. The number of carbonyl (C=O) groups is 1. The van der Waals surface area contributed by atoms with Crippen LogP contribution < -0.4 is 0 Å². The number of carbonyl (C=O) groups excluding carboxylic acids is 1. The van der Waals surface area contributed by atoms with Crippen LogP contribution in [-0.2, 0) is 9.53 Å². The van der Waals surface area contributed by atoms with E-state index < -0.39 is 0 Å². The lowest BCUT2D eigenvalue weighted by atomic mass is 9.72. The van der Waals surface area contributed by atoms with Crippen molar-refractivity contribution in [2.24, 2.45) is 11.8 Å². The van der Waals surface area contributed by atoms with E-state index in [-0.39, 0.29) is 12.1 Å². The number of hydrogen-bond donors (Lipinski definition) is 0. The predicted molar refractivity (Wildman–Crippen MR) is 73.3 cm³/mol. The van der Waals surface area contributed by atoms with Crippen LogP contribution in [0.2, 0.25) is 0 Å². The number of esters is 1. The van der Waals surface area contributed by atoms with Gasteiger partial charge < -0.3 is 4.74 Å². The Hall–Kier alpha value is -0.530. The van der Waals surface area contributed by atoms with Gasteiger partial charge >= 0.3 is 5.97 Å². The lowest BCUT2D eigenvalue weighted by Crippen LogP contribution is -2.35. The summed E-state index contributed by atoms with van der Waals surface area (Å²) in [6.45, 7) is 2.04. The third-order valence-corrected chi connectivity index (χ3v) is 4.75. The minimum atomic E-state index is 0.0326. The van der Waals surface area contributed by atoms with Gasteiger partial charge in [0.2, 0.25) is 0 Å². The summed E-state index contributed by atoms with van der Waals surface area (Å²) in [7, 11) is 0. The normalized spacial score (nSPS) is 30.1. The zero-order chi connectivity index (χ0) is 12.8. The molecule has 2 atom stereocenters. The molecule has 0 spiro atoms. The van der Waals surface area contributed by atoms with Gasteiger partial charge in [0.1, 0.15) is 6.10 Å².